The highest BCUT2D eigenvalue weighted by molar-refractivity contribution is 7.91. The van der Waals surface area contributed by atoms with Crippen LogP contribution in [0.2, 0.25) is 5.02 Å². The van der Waals surface area contributed by atoms with Gasteiger partial charge in [-0.2, -0.15) is 0 Å². The van der Waals surface area contributed by atoms with Gasteiger partial charge in [-0.05, 0) is 36.1 Å². The maximum atomic E-state index is 13.2. The summed E-state index contributed by atoms with van der Waals surface area (Å²) in [6.45, 7) is 2.29. The molecule has 0 saturated carbocycles. The van der Waals surface area contributed by atoms with Gasteiger partial charge >= 0.3 is 0 Å². The number of hydrogen-bond donors (Lipinski definition) is 1. The summed E-state index contributed by atoms with van der Waals surface area (Å²) in [4.78, 5) is 30.1. The molecule has 0 aliphatic carbocycles. The number of hydrogen-bond acceptors (Lipinski definition) is 6. The van der Waals surface area contributed by atoms with E-state index in [-0.39, 0.29) is 29.4 Å². The van der Waals surface area contributed by atoms with Crippen LogP contribution in [-0.4, -0.2) is 73.8 Å². The first-order valence-corrected chi connectivity index (χ1v) is 12.8. The Balaban J connectivity index is 1.44. The quantitative estimate of drug-likeness (QED) is 0.746. The highest BCUT2D eigenvalue weighted by Crippen LogP contribution is 2.25. The Hall–Kier alpha value is -1.94. The van der Waals surface area contributed by atoms with Gasteiger partial charge in [0.15, 0.2) is 9.84 Å². The van der Waals surface area contributed by atoms with Crippen molar-refractivity contribution in [2.75, 3.05) is 43.0 Å². The fourth-order valence-corrected chi connectivity index (χ4v) is 6.47. The van der Waals surface area contributed by atoms with E-state index in [4.69, 9.17) is 11.6 Å². The zero-order chi connectivity index (χ0) is 21.3. The Labute approximate surface area is 184 Å². The highest BCUT2D eigenvalue weighted by atomic mass is 35.5. The van der Waals surface area contributed by atoms with Crippen molar-refractivity contribution in [1.82, 2.24) is 9.80 Å². The molecule has 2 aromatic rings. The summed E-state index contributed by atoms with van der Waals surface area (Å²) in [5.74, 6) is -0.00763. The number of nitrogens with zero attached hydrogens (tertiary/aromatic N) is 2. The number of carbonyl (C=O) groups excluding carboxylic acids is 2. The molecule has 2 saturated heterocycles. The fourth-order valence-electron chi connectivity index (χ4n) is 3.92. The van der Waals surface area contributed by atoms with Crippen molar-refractivity contribution in [3.05, 3.63) is 51.2 Å². The zero-order valence-electron chi connectivity index (χ0n) is 16.2. The normalized spacial score (nSPS) is 21.5. The third-order valence-electron chi connectivity index (χ3n) is 5.53. The Bertz CT molecular complexity index is 1050. The first-order valence-electron chi connectivity index (χ1n) is 9.70. The van der Waals surface area contributed by atoms with E-state index in [0.717, 1.165) is 0 Å². The van der Waals surface area contributed by atoms with Gasteiger partial charge < -0.3 is 10.2 Å². The molecule has 0 unspecified atom stereocenters. The lowest BCUT2D eigenvalue weighted by Crippen LogP contribution is -2.52. The summed E-state index contributed by atoms with van der Waals surface area (Å²) in [5, 5.41) is 5.04. The van der Waals surface area contributed by atoms with Crippen molar-refractivity contribution in [3.63, 3.8) is 0 Å². The molecule has 1 atom stereocenters. The molecule has 7 nitrogen and oxygen atoms in total. The molecule has 0 bridgehead atoms. The molecule has 1 aromatic carbocycles. The van der Waals surface area contributed by atoms with E-state index >= 15 is 0 Å². The number of rotatable bonds is 4. The van der Waals surface area contributed by atoms with Crippen molar-refractivity contribution in [2.45, 2.75) is 12.5 Å². The van der Waals surface area contributed by atoms with Crippen molar-refractivity contribution in [2.24, 2.45) is 0 Å². The van der Waals surface area contributed by atoms with Gasteiger partial charge in [0, 0.05) is 37.2 Å². The molecule has 2 aliphatic rings. The van der Waals surface area contributed by atoms with Crippen LogP contribution in [0.1, 0.15) is 26.5 Å². The van der Waals surface area contributed by atoms with Crippen LogP contribution in [0.25, 0.3) is 0 Å². The summed E-state index contributed by atoms with van der Waals surface area (Å²) in [5.41, 5.74) is 0.774. The SMILES string of the molecule is O=C(Nc1cc(Cl)ccc1C(=O)N1CCN([C@H]2CCS(=O)(=O)C2)CC1)c1cccs1. The predicted octanol–water partition coefficient (Wildman–Crippen LogP) is 2.60. The van der Waals surface area contributed by atoms with Crippen LogP contribution in [0.5, 0.6) is 0 Å². The lowest BCUT2D eigenvalue weighted by Gasteiger charge is -2.37. The molecular weight excluding hydrogens is 446 g/mol. The van der Waals surface area contributed by atoms with Gasteiger partial charge in [0.25, 0.3) is 11.8 Å². The maximum Gasteiger partial charge on any atom is 0.265 e. The molecule has 10 heteroatoms. The van der Waals surface area contributed by atoms with Crippen LogP contribution >= 0.6 is 22.9 Å². The van der Waals surface area contributed by atoms with Crippen LogP contribution in [0.15, 0.2) is 35.7 Å². The van der Waals surface area contributed by atoms with E-state index in [0.29, 0.717) is 53.8 Å². The average molecular weight is 468 g/mol. The van der Waals surface area contributed by atoms with E-state index < -0.39 is 9.84 Å². The third-order valence-corrected chi connectivity index (χ3v) is 8.39. The maximum absolute atomic E-state index is 13.2. The molecule has 1 N–H and O–H groups in total. The van der Waals surface area contributed by atoms with Crippen LogP contribution in [0.4, 0.5) is 5.69 Å². The molecule has 2 aliphatic heterocycles. The second-order valence-electron chi connectivity index (χ2n) is 7.51. The van der Waals surface area contributed by atoms with Crippen LogP contribution in [-0.2, 0) is 9.84 Å². The molecule has 160 valence electrons. The van der Waals surface area contributed by atoms with Gasteiger partial charge in [-0.15, -0.1) is 11.3 Å². The minimum absolute atomic E-state index is 0.0448. The molecule has 2 amide bonds. The number of nitrogens with one attached hydrogen (secondary N) is 1. The summed E-state index contributed by atoms with van der Waals surface area (Å²) in [7, 11) is -2.93. The molecule has 1 aromatic heterocycles. The summed E-state index contributed by atoms with van der Waals surface area (Å²) in [6.07, 6.45) is 0.659. The summed E-state index contributed by atoms with van der Waals surface area (Å²) >= 11 is 7.42. The summed E-state index contributed by atoms with van der Waals surface area (Å²) in [6, 6.07) is 8.40. The Morgan fingerprint density at radius 1 is 1.13 bits per heavy atom. The lowest BCUT2D eigenvalue weighted by molar-refractivity contribution is 0.0589. The number of amides is 2. The van der Waals surface area contributed by atoms with E-state index in [1.807, 2.05) is 5.38 Å². The molecule has 2 fully saturated rings. The average Bonchev–Trinajstić information content (AvgIpc) is 3.37. The van der Waals surface area contributed by atoms with E-state index in [1.54, 1.807) is 35.2 Å². The topological polar surface area (TPSA) is 86.8 Å². The van der Waals surface area contributed by atoms with Gasteiger partial charge in [-0.1, -0.05) is 17.7 Å². The lowest BCUT2D eigenvalue weighted by atomic mass is 10.1. The minimum atomic E-state index is -2.93. The molecular formula is C20H22ClN3O4S2. The monoisotopic (exact) mass is 467 g/mol. The summed E-state index contributed by atoms with van der Waals surface area (Å²) < 4.78 is 23.5. The van der Waals surface area contributed by atoms with Gasteiger partial charge in [0.1, 0.15) is 0 Å². The van der Waals surface area contributed by atoms with Gasteiger partial charge in [-0.3, -0.25) is 14.5 Å². The fraction of sp³-hybridized carbons (Fsp3) is 0.400. The Morgan fingerprint density at radius 2 is 1.90 bits per heavy atom. The van der Waals surface area contributed by atoms with Crippen molar-refractivity contribution < 1.29 is 18.0 Å². The van der Waals surface area contributed by atoms with Crippen molar-refractivity contribution in [3.8, 4) is 0 Å². The number of benzene rings is 1. The van der Waals surface area contributed by atoms with E-state index in [9.17, 15) is 18.0 Å². The number of halogens is 1. The van der Waals surface area contributed by atoms with Crippen LogP contribution in [0, 0.1) is 0 Å². The molecule has 30 heavy (non-hydrogen) atoms. The van der Waals surface area contributed by atoms with Gasteiger partial charge in [-0.25, -0.2) is 8.42 Å². The predicted molar refractivity (Wildman–Crippen MR) is 118 cm³/mol. The molecule has 4 rings (SSSR count). The second kappa shape index (κ2) is 8.66. The van der Waals surface area contributed by atoms with E-state index in [2.05, 4.69) is 10.2 Å². The van der Waals surface area contributed by atoms with E-state index in [1.165, 1.54) is 11.3 Å². The van der Waals surface area contributed by atoms with Crippen LogP contribution in [0.3, 0.4) is 0 Å². The number of carbonyl (C=O) groups is 2. The second-order valence-corrected chi connectivity index (χ2v) is 11.1. The Kier molecular flexibility index (Phi) is 6.15. The first kappa shape index (κ1) is 21.3. The first-order chi connectivity index (χ1) is 14.3. The van der Waals surface area contributed by atoms with Gasteiger partial charge in [0.05, 0.1) is 27.6 Å². The number of thiophene rings is 1. The number of anilines is 1. The molecule has 0 spiro atoms. The Morgan fingerprint density at radius 3 is 2.53 bits per heavy atom. The third kappa shape index (κ3) is 4.69. The zero-order valence-corrected chi connectivity index (χ0v) is 18.6. The largest absolute Gasteiger partial charge is 0.336 e. The molecule has 0 radical (unpaired) electrons. The van der Waals surface area contributed by atoms with Gasteiger partial charge in [0.2, 0.25) is 0 Å². The smallest absolute Gasteiger partial charge is 0.265 e. The number of piperazine rings is 1. The highest BCUT2D eigenvalue weighted by Gasteiger charge is 2.34. The van der Waals surface area contributed by atoms with Crippen LogP contribution < -0.4 is 5.32 Å². The minimum Gasteiger partial charge on any atom is -0.336 e. The standard InChI is InChI=1S/C20H22ClN3O4S2/c21-14-3-4-16(17(12-14)22-19(25)18-2-1-10-29-18)20(26)24-8-6-23(7-9-24)15-5-11-30(27,28)13-15/h1-4,10,12,15H,5-9,11,13H2,(H,22,25)/t15-/m0/s1. The number of sulfone groups is 1. The van der Waals surface area contributed by atoms with Crippen molar-refractivity contribution >= 4 is 50.3 Å². The van der Waals surface area contributed by atoms with Crippen molar-refractivity contribution in [1.29, 1.82) is 0 Å². The molecule has 3 heterocycles.